The number of benzene rings is 1. The summed E-state index contributed by atoms with van der Waals surface area (Å²) < 4.78 is 11.1. The van der Waals surface area contributed by atoms with Crippen molar-refractivity contribution in [3.8, 4) is 11.5 Å². The molecule has 3 rings (SSSR count). The predicted octanol–water partition coefficient (Wildman–Crippen LogP) is 3.71. The smallest absolute Gasteiger partial charge is 0.360 e. The van der Waals surface area contributed by atoms with Gasteiger partial charge in [-0.3, -0.25) is 4.79 Å². The van der Waals surface area contributed by atoms with Gasteiger partial charge in [-0.15, -0.1) is 0 Å². The molecular weight excluding hydrogens is 369 g/mol. The minimum atomic E-state index is -0.615. The molecule has 2 aromatic heterocycles. The summed E-state index contributed by atoms with van der Waals surface area (Å²) in [7, 11) is 0. The molecule has 0 aliphatic rings. The van der Waals surface area contributed by atoms with E-state index in [4.69, 9.17) is 32.5 Å². The fourth-order valence-corrected chi connectivity index (χ4v) is 2.62. The van der Waals surface area contributed by atoms with Crippen LogP contribution < -0.4 is 0 Å². The Hall–Kier alpha value is -2.64. The van der Waals surface area contributed by atoms with Crippen molar-refractivity contribution in [3.63, 3.8) is 0 Å². The minimum absolute atomic E-state index is 0.00146. The molecular formula is C16H11Cl2N3O4. The molecule has 0 radical (unpaired) electrons. The van der Waals surface area contributed by atoms with E-state index in [1.807, 2.05) is 0 Å². The summed E-state index contributed by atoms with van der Waals surface area (Å²) in [5, 5.41) is 8.25. The van der Waals surface area contributed by atoms with Crippen LogP contribution in [0.1, 0.15) is 27.8 Å². The largest absolute Gasteiger partial charge is 0.461 e. The highest BCUT2D eigenvalue weighted by Gasteiger charge is 2.21. The zero-order chi connectivity index (χ0) is 18.0. The molecule has 2 heterocycles. The summed E-state index contributed by atoms with van der Waals surface area (Å²) in [6.45, 7) is 1.90. The van der Waals surface area contributed by atoms with Gasteiger partial charge in [0.2, 0.25) is 0 Å². The first-order chi connectivity index (χ1) is 12.0. The van der Waals surface area contributed by atoms with Crippen LogP contribution in [0, 0.1) is 0 Å². The Labute approximate surface area is 152 Å². The molecule has 0 fully saturated rings. The minimum Gasteiger partial charge on any atom is -0.461 e. The molecule has 0 bridgehead atoms. The second-order valence-electron chi connectivity index (χ2n) is 4.85. The second-order valence-corrected chi connectivity index (χ2v) is 5.70. The van der Waals surface area contributed by atoms with Crippen molar-refractivity contribution in [2.75, 3.05) is 6.61 Å². The third kappa shape index (κ3) is 3.42. The lowest BCUT2D eigenvalue weighted by Crippen LogP contribution is -2.15. The van der Waals surface area contributed by atoms with Crippen LogP contribution in [0.3, 0.4) is 0 Å². The van der Waals surface area contributed by atoms with Gasteiger partial charge in [0.05, 0.1) is 23.4 Å². The maximum absolute atomic E-state index is 12.7. The number of carbonyl (C=O) groups is 2. The second kappa shape index (κ2) is 7.08. The number of nitrogens with zero attached hydrogens (tertiary/aromatic N) is 3. The first kappa shape index (κ1) is 17.2. The van der Waals surface area contributed by atoms with Crippen molar-refractivity contribution >= 4 is 35.1 Å². The van der Waals surface area contributed by atoms with E-state index >= 15 is 0 Å². The summed E-state index contributed by atoms with van der Waals surface area (Å²) in [5.74, 6) is -0.898. The predicted molar refractivity (Wildman–Crippen MR) is 89.9 cm³/mol. The van der Waals surface area contributed by atoms with Crippen LogP contribution in [0.15, 0.2) is 41.1 Å². The molecule has 0 atom stereocenters. The Bertz CT molecular complexity index is 949. The number of ether oxygens (including phenoxy) is 1. The molecule has 0 N–H and O–H groups in total. The molecule has 128 valence electrons. The lowest BCUT2D eigenvalue weighted by atomic mass is 10.2. The molecule has 3 aromatic rings. The van der Waals surface area contributed by atoms with Crippen molar-refractivity contribution in [2.45, 2.75) is 6.92 Å². The molecule has 7 nitrogen and oxygen atoms in total. The van der Waals surface area contributed by atoms with Crippen LogP contribution in [0.25, 0.3) is 11.5 Å². The Morgan fingerprint density at radius 1 is 1.24 bits per heavy atom. The number of carbonyl (C=O) groups excluding carboxylic acids is 2. The lowest BCUT2D eigenvalue weighted by Gasteiger charge is -2.06. The summed E-state index contributed by atoms with van der Waals surface area (Å²) in [5.41, 5.74) is 0.543. The average Bonchev–Trinajstić information content (AvgIpc) is 3.23. The van der Waals surface area contributed by atoms with Gasteiger partial charge >= 0.3 is 5.97 Å². The van der Waals surface area contributed by atoms with Gasteiger partial charge in [-0.2, -0.15) is 9.78 Å². The van der Waals surface area contributed by atoms with E-state index in [1.165, 1.54) is 24.4 Å². The van der Waals surface area contributed by atoms with Crippen LogP contribution in [-0.4, -0.2) is 33.4 Å². The van der Waals surface area contributed by atoms with Gasteiger partial charge in [-0.25, -0.2) is 4.79 Å². The maximum atomic E-state index is 12.7. The lowest BCUT2D eigenvalue weighted by molar-refractivity contribution is 0.0514. The first-order valence-corrected chi connectivity index (χ1v) is 7.95. The Morgan fingerprint density at radius 3 is 2.76 bits per heavy atom. The number of hydrogen-bond donors (Lipinski definition) is 0. The van der Waals surface area contributed by atoms with Crippen LogP contribution in [-0.2, 0) is 4.74 Å². The quantitative estimate of drug-likeness (QED) is 0.642. The zero-order valence-corrected chi connectivity index (χ0v) is 14.4. The van der Waals surface area contributed by atoms with Gasteiger partial charge in [0.25, 0.3) is 5.91 Å². The third-order valence-corrected chi connectivity index (χ3v) is 3.79. The molecule has 0 unspecified atom stereocenters. The average molecular weight is 380 g/mol. The standard InChI is InChI=1S/C16H11Cl2N3O4/c1-2-24-16(23)12-8-14(25-20-12)13-5-6-19-21(13)15(22)10-4-3-9(17)7-11(10)18/h3-8H,2H2,1H3. The molecule has 0 saturated heterocycles. The van der Waals surface area contributed by atoms with Crippen LogP contribution in [0.4, 0.5) is 0 Å². The van der Waals surface area contributed by atoms with Crippen LogP contribution >= 0.6 is 23.2 Å². The van der Waals surface area contributed by atoms with E-state index in [0.717, 1.165) is 4.68 Å². The monoisotopic (exact) mass is 379 g/mol. The van der Waals surface area contributed by atoms with E-state index in [0.29, 0.717) is 10.7 Å². The van der Waals surface area contributed by atoms with Crippen LogP contribution in [0.5, 0.6) is 0 Å². The maximum Gasteiger partial charge on any atom is 0.360 e. The fourth-order valence-electron chi connectivity index (χ4n) is 2.13. The van der Waals surface area contributed by atoms with Gasteiger partial charge in [0.1, 0.15) is 5.69 Å². The summed E-state index contributed by atoms with van der Waals surface area (Å²) >= 11 is 11.9. The third-order valence-electron chi connectivity index (χ3n) is 3.24. The van der Waals surface area contributed by atoms with Gasteiger partial charge in [0.15, 0.2) is 11.5 Å². The molecule has 0 amide bonds. The van der Waals surface area contributed by atoms with Crippen molar-refractivity contribution in [2.24, 2.45) is 0 Å². The fraction of sp³-hybridized carbons (Fsp3) is 0.125. The van der Waals surface area contributed by atoms with Gasteiger partial charge in [0, 0.05) is 11.1 Å². The number of halogens is 2. The van der Waals surface area contributed by atoms with E-state index in [2.05, 4.69) is 10.3 Å². The van der Waals surface area contributed by atoms with Crippen LogP contribution in [0.2, 0.25) is 10.0 Å². The highest BCUT2D eigenvalue weighted by molar-refractivity contribution is 6.36. The molecule has 1 aromatic carbocycles. The Morgan fingerprint density at radius 2 is 2.04 bits per heavy atom. The topological polar surface area (TPSA) is 87.2 Å². The normalized spacial score (nSPS) is 10.7. The zero-order valence-electron chi connectivity index (χ0n) is 12.9. The van der Waals surface area contributed by atoms with E-state index in [-0.39, 0.29) is 28.6 Å². The molecule has 0 aliphatic heterocycles. The van der Waals surface area contributed by atoms with E-state index < -0.39 is 11.9 Å². The van der Waals surface area contributed by atoms with Crippen molar-refractivity contribution in [1.82, 2.24) is 14.9 Å². The number of hydrogen-bond acceptors (Lipinski definition) is 6. The summed E-state index contributed by atoms with van der Waals surface area (Å²) in [4.78, 5) is 24.4. The van der Waals surface area contributed by atoms with Crippen molar-refractivity contribution < 1.29 is 18.8 Å². The van der Waals surface area contributed by atoms with Gasteiger partial charge in [-0.1, -0.05) is 28.4 Å². The molecule has 25 heavy (non-hydrogen) atoms. The number of esters is 1. The van der Waals surface area contributed by atoms with E-state index in [9.17, 15) is 9.59 Å². The SMILES string of the molecule is CCOC(=O)c1cc(-c2ccnn2C(=O)c2ccc(Cl)cc2Cl)on1. The summed E-state index contributed by atoms with van der Waals surface area (Å²) in [6, 6.07) is 7.45. The molecule has 0 saturated carbocycles. The van der Waals surface area contributed by atoms with E-state index in [1.54, 1.807) is 19.1 Å². The van der Waals surface area contributed by atoms with Gasteiger partial charge in [-0.05, 0) is 31.2 Å². The highest BCUT2D eigenvalue weighted by atomic mass is 35.5. The van der Waals surface area contributed by atoms with Crippen molar-refractivity contribution in [1.29, 1.82) is 0 Å². The Kier molecular flexibility index (Phi) is 4.87. The van der Waals surface area contributed by atoms with Crippen molar-refractivity contribution in [3.05, 3.63) is 57.8 Å². The number of rotatable bonds is 4. The highest BCUT2D eigenvalue weighted by Crippen LogP contribution is 2.25. The molecule has 0 aliphatic carbocycles. The molecule has 0 spiro atoms. The molecule has 9 heteroatoms. The van der Waals surface area contributed by atoms with Gasteiger partial charge < -0.3 is 9.26 Å². The summed E-state index contributed by atoms with van der Waals surface area (Å²) in [6.07, 6.45) is 1.42. The Balaban J connectivity index is 1.95. The first-order valence-electron chi connectivity index (χ1n) is 7.19. The number of aromatic nitrogens is 3.